The van der Waals surface area contributed by atoms with Crippen LogP contribution in [0.5, 0.6) is 0 Å². The number of methoxy groups -OCH3 is 1. The highest BCUT2D eigenvalue weighted by molar-refractivity contribution is 5.89. The number of ether oxygens (including phenoxy) is 1. The second kappa shape index (κ2) is 6.24. The third kappa shape index (κ3) is 5.02. The average molecular weight is 189 g/mol. The van der Waals surface area contributed by atoms with E-state index in [1.54, 1.807) is 6.92 Å². The Balaban J connectivity index is 3.78. The molecule has 0 aromatic rings. The van der Waals surface area contributed by atoms with Crippen molar-refractivity contribution in [2.75, 3.05) is 13.7 Å². The maximum Gasteiger partial charge on any atom is 0.222 e. The number of nitrogens with two attached hydrogens (primary N) is 1. The molecule has 0 radical (unpaired) electrons. The van der Waals surface area contributed by atoms with Gasteiger partial charge in [0.2, 0.25) is 5.91 Å². The van der Waals surface area contributed by atoms with E-state index in [1.807, 2.05) is 0 Å². The van der Waals surface area contributed by atoms with E-state index in [9.17, 15) is 4.79 Å². The van der Waals surface area contributed by atoms with E-state index in [1.165, 1.54) is 7.11 Å². The van der Waals surface area contributed by atoms with Crippen LogP contribution in [0.1, 0.15) is 13.3 Å². The van der Waals surface area contributed by atoms with Gasteiger partial charge in [-0.2, -0.15) is 0 Å². The zero-order valence-electron chi connectivity index (χ0n) is 7.78. The normalized spacial score (nSPS) is 13.8. The molecule has 0 aliphatic rings. The number of carbonyl (C=O) groups is 1. The summed E-state index contributed by atoms with van der Waals surface area (Å²) in [5, 5.41) is 13.6. The SMILES string of the molecule is COCCC(=O)NC(C)C(N)=NO. The van der Waals surface area contributed by atoms with Crippen LogP contribution in [0.25, 0.3) is 0 Å². The summed E-state index contributed by atoms with van der Waals surface area (Å²) in [7, 11) is 1.51. The topological polar surface area (TPSA) is 96.9 Å². The maximum absolute atomic E-state index is 11.0. The van der Waals surface area contributed by atoms with Crippen LogP contribution in [-0.4, -0.2) is 36.7 Å². The minimum absolute atomic E-state index is 0.0224. The summed E-state index contributed by atoms with van der Waals surface area (Å²) in [5.74, 6) is -0.216. The van der Waals surface area contributed by atoms with E-state index in [4.69, 9.17) is 15.7 Å². The molecule has 0 spiro atoms. The maximum atomic E-state index is 11.0. The molecule has 6 heteroatoms. The van der Waals surface area contributed by atoms with Gasteiger partial charge in [-0.3, -0.25) is 4.79 Å². The molecular formula is C7H15N3O3. The molecule has 0 saturated carbocycles. The fraction of sp³-hybridized carbons (Fsp3) is 0.714. The van der Waals surface area contributed by atoms with Crippen LogP contribution in [0.2, 0.25) is 0 Å². The van der Waals surface area contributed by atoms with Crippen molar-refractivity contribution in [1.29, 1.82) is 0 Å². The van der Waals surface area contributed by atoms with Crippen LogP contribution in [0.4, 0.5) is 0 Å². The van der Waals surface area contributed by atoms with Gasteiger partial charge in [-0.05, 0) is 6.92 Å². The van der Waals surface area contributed by atoms with Gasteiger partial charge < -0.3 is 21.0 Å². The van der Waals surface area contributed by atoms with Gasteiger partial charge in [0.05, 0.1) is 12.6 Å². The first-order valence-corrected chi connectivity index (χ1v) is 3.87. The van der Waals surface area contributed by atoms with E-state index >= 15 is 0 Å². The Bertz CT molecular complexity index is 193. The molecule has 0 rings (SSSR count). The number of nitrogens with zero attached hydrogens (tertiary/aromatic N) is 1. The summed E-state index contributed by atoms with van der Waals surface area (Å²) in [6.45, 7) is 1.98. The summed E-state index contributed by atoms with van der Waals surface area (Å²) >= 11 is 0. The first-order chi connectivity index (χ1) is 6.11. The minimum Gasteiger partial charge on any atom is -0.409 e. The molecule has 0 fully saturated rings. The Labute approximate surface area is 76.7 Å². The molecule has 0 aliphatic heterocycles. The van der Waals surface area contributed by atoms with Gasteiger partial charge in [-0.15, -0.1) is 0 Å². The third-order valence-electron chi connectivity index (χ3n) is 1.47. The smallest absolute Gasteiger partial charge is 0.222 e. The molecule has 0 aliphatic carbocycles. The van der Waals surface area contributed by atoms with Crippen molar-refractivity contribution in [1.82, 2.24) is 5.32 Å². The molecule has 0 saturated heterocycles. The molecule has 1 atom stereocenters. The summed E-state index contributed by atoms with van der Waals surface area (Å²) in [4.78, 5) is 11.0. The lowest BCUT2D eigenvalue weighted by Crippen LogP contribution is -2.42. The molecule has 13 heavy (non-hydrogen) atoms. The highest BCUT2D eigenvalue weighted by Crippen LogP contribution is 1.86. The zero-order valence-corrected chi connectivity index (χ0v) is 7.78. The largest absolute Gasteiger partial charge is 0.409 e. The number of hydrogen-bond donors (Lipinski definition) is 3. The summed E-state index contributed by atoms with van der Waals surface area (Å²) < 4.78 is 4.71. The van der Waals surface area contributed by atoms with Gasteiger partial charge in [0.1, 0.15) is 0 Å². The van der Waals surface area contributed by atoms with Crippen molar-refractivity contribution in [3.63, 3.8) is 0 Å². The Kier molecular flexibility index (Phi) is 5.62. The van der Waals surface area contributed by atoms with E-state index in [0.717, 1.165) is 0 Å². The fourth-order valence-corrected chi connectivity index (χ4v) is 0.669. The highest BCUT2D eigenvalue weighted by atomic mass is 16.5. The number of carbonyl (C=O) groups excluding carboxylic acids is 1. The van der Waals surface area contributed by atoms with Gasteiger partial charge in [0.25, 0.3) is 0 Å². The monoisotopic (exact) mass is 189 g/mol. The van der Waals surface area contributed by atoms with Crippen LogP contribution < -0.4 is 11.1 Å². The van der Waals surface area contributed by atoms with Crippen molar-refractivity contribution in [2.45, 2.75) is 19.4 Å². The third-order valence-corrected chi connectivity index (χ3v) is 1.47. The average Bonchev–Trinajstić information content (AvgIpc) is 2.13. The number of amidine groups is 1. The predicted octanol–water partition coefficient (Wildman–Crippen LogP) is -0.726. The molecule has 0 aromatic carbocycles. The Morgan fingerprint density at radius 3 is 2.85 bits per heavy atom. The van der Waals surface area contributed by atoms with Gasteiger partial charge in [0.15, 0.2) is 5.84 Å². The molecular weight excluding hydrogens is 174 g/mol. The van der Waals surface area contributed by atoms with Gasteiger partial charge >= 0.3 is 0 Å². The van der Waals surface area contributed by atoms with E-state index in [-0.39, 0.29) is 18.2 Å². The summed E-state index contributed by atoms with van der Waals surface area (Å²) in [6.07, 6.45) is 0.263. The van der Waals surface area contributed by atoms with Crippen LogP contribution in [0.3, 0.4) is 0 Å². The number of rotatable bonds is 5. The Morgan fingerprint density at radius 2 is 2.38 bits per heavy atom. The molecule has 76 valence electrons. The molecule has 6 nitrogen and oxygen atoms in total. The summed E-state index contributed by atoms with van der Waals surface area (Å²) in [6, 6.07) is -0.464. The van der Waals surface area contributed by atoms with Crippen molar-refractivity contribution >= 4 is 11.7 Å². The quantitative estimate of drug-likeness (QED) is 0.230. The van der Waals surface area contributed by atoms with E-state index in [2.05, 4.69) is 10.5 Å². The Hall–Kier alpha value is -1.30. The first kappa shape index (κ1) is 11.7. The predicted molar refractivity (Wildman–Crippen MR) is 47.5 cm³/mol. The molecule has 1 amide bonds. The van der Waals surface area contributed by atoms with Crippen molar-refractivity contribution < 1.29 is 14.7 Å². The van der Waals surface area contributed by atoms with Crippen LogP contribution in [-0.2, 0) is 9.53 Å². The van der Waals surface area contributed by atoms with Crippen molar-refractivity contribution in [3.8, 4) is 0 Å². The van der Waals surface area contributed by atoms with Crippen LogP contribution in [0.15, 0.2) is 5.16 Å². The van der Waals surface area contributed by atoms with Crippen LogP contribution >= 0.6 is 0 Å². The minimum atomic E-state index is -0.464. The number of nitrogens with one attached hydrogen (secondary N) is 1. The van der Waals surface area contributed by atoms with E-state index in [0.29, 0.717) is 6.61 Å². The lowest BCUT2D eigenvalue weighted by Gasteiger charge is -2.11. The highest BCUT2D eigenvalue weighted by Gasteiger charge is 2.10. The molecule has 1 unspecified atom stereocenters. The lowest BCUT2D eigenvalue weighted by atomic mass is 10.3. The first-order valence-electron chi connectivity index (χ1n) is 3.87. The molecule has 4 N–H and O–H groups in total. The summed E-state index contributed by atoms with van der Waals surface area (Å²) in [5.41, 5.74) is 5.25. The number of amides is 1. The second-order valence-corrected chi connectivity index (χ2v) is 2.56. The number of hydrogen-bond acceptors (Lipinski definition) is 4. The molecule has 0 bridgehead atoms. The Morgan fingerprint density at radius 1 is 1.77 bits per heavy atom. The molecule has 0 heterocycles. The molecule has 0 aromatic heterocycles. The van der Waals surface area contributed by atoms with Gasteiger partial charge in [0, 0.05) is 13.5 Å². The number of oxime groups is 1. The lowest BCUT2D eigenvalue weighted by molar-refractivity contribution is -0.122. The van der Waals surface area contributed by atoms with Gasteiger partial charge in [-0.25, -0.2) is 0 Å². The van der Waals surface area contributed by atoms with Crippen molar-refractivity contribution in [2.24, 2.45) is 10.9 Å². The fourth-order valence-electron chi connectivity index (χ4n) is 0.669. The van der Waals surface area contributed by atoms with Crippen LogP contribution in [0, 0.1) is 0 Å². The second-order valence-electron chi connectivity index (χ2n) is 2.56. The van der Waals surface area contributed by atoms with E-state index < -0.39 is 6.04 Å². The zero-order chi connectivity index (χ0) is 10.3. The van der Waals surface area contributed by atoms with Gasteiger partial charge in [-0.1, -0.05) is 5.16 Å². The standard InChI is InChI=1S/C7H15N3O3/c1-5(7(8)10-12)9-6(11)3-4-13-2/h5,12H,3-4H2,1-2H3,(H2,8,10)(H,9,11). The van der Waals surface area contributed by atoms with Crippen molar-refractivity contribution in [3.05, 3.63) is 0 Å².